The number of hydrogen-bond acceptors (Lipinski definition) is 5. The normalized spacial score (nSPS) is 14.4. The number of nitrogens with one attached hydrogen (secondary N) is 1. The zero-order valence-electron chi connectivity index (χ0n) is 16.7. The third-order valence-corrected chi connectivity index (χ3v) is 4.81. The van der Waals surface area contributed by atoms with Gasteiger partial charge in [-0.15, -0.1) is 0 Å². The minimum Gasteiger partial charge on any atom is -0.434 e. The van der Waals surface area contributed by atoms with E-state index in [0.29, 0.717) is 43.3 Å². The molecule has 1 aliphatic rings. The summed E-state index contributed by atoms with van der Waals surface area (Å²) < 4.78 is 9.72. The molecule has 0 spiro atoms. The van der Waals surface area contributed by atoms with Crippen LogP contribution in [0, 0.1) is 5.92 Å². The molecule has 154 valence electrons. The van der Waals surface area contributed by atoms with Crippen molar-refractivity contribution in [1.29, 1.82) is 0 Å². The predicted octanol–water partition coefficient (Wildman–Crippen LogP) is 3.38. The number of carbonyl (C=O) groups is 3. The molecule has 2 rings (SSSR count). The number of likely N-dealkylation sites (tertiary alicyclic amines) is 1. The number of carbonyl (C=O) groups excluding carboxylic acids is 3. The molecule has 0 unspecified atom stereocenters. The van der Waals surface area contributed by atoms with Gasteiger partial charge in [0.1, 0.15) is 5.75 Å². The van der Waals surface area contributed by atoms with E-state index in [9.17, 15) is 14.4 Å². The highest BCUT2D eigenvalue weighted by Crippen LogP contribution is 2.20. The first-order valence-corrected chi connectivity index (χ1v) is 10.0. The molecule has 7 heteroatoms. The maximum atomic E-state index is 12.7. The van der Waals surface area contributed by atoms with Gasteiger partial charge in [-0.25, -0.2) is 4.79 Å². The van der Waals surface area contributed by atoms with Gasteiger partial charge in [-0.1, -0.05) is 13.3 Å². The summed E-state index contributed by atoms with van der Waals surface area (Å²) >= 11 is 0. The first-order chi connectivity index (χ1) is 13.5. The summed E-state index contributed by atoms with van der Waals surface area (Å²) in [5.74, 6) is 0.834. The number of benzene rings is 1. The Morgan fingerprint density at radius 3 is 2.39 bits per heavy atom. The molecule has 1 aromatic rings. The Bertz CT molecular complexity index is 651. The zero-order valence-corrected chi connectivity index (χ0v) is 16.7. The van der Waals surface area contributed by atoms with Crippen LogP contribution in [-0.2, 0) is 9.53 Å². The van der Waals surface area contributed by atoms with Crippen LogP contribution in [0.15, 0.2) is 24.3 Å². The Kier molecular flexibility index (Phi) is 8.78. The van der Waals surface area contributed by atoms with Crippen LogP contribution < -0.4 is 10.1 Å². The van der Waals surface area contributed by atoms with Gasteiger partial charge in [-0.2, -0.15) is 0 Å². The van der Waals surface area contributed by atoms with E-state index in [1.54, 1.807) is 31.2 Å². The lowest BCUT2D eigenvalue weighted by molar-refractivity contribution is -0.121. The first kappa shape index (κ1) is 21.7. The van der Waals surface area contributed by atoms with Crippen molar-refractivity contribution in [3.63, 3.8) is 0 Å². The van der Waals surface area contributed by atoms with Crippen molar-refractivity contribution in [2.75, 3.05) is 26.2 Å². The molecule has 1 aromatic carbocycles. The van der Waals surface area contributed by atoms with Crippen molar-refractivity contribution in [3.05, 3.63) is 29.8 Å². The summed E-state index contributed by atoms with van der Waals surface area (Å²) in [6.07, 6.45) is 3.52. The molecule has 1 saturated heterocycles. The summed E-state index contributed by atoms with van der Waals surface area (Å²) in [7, 11) is 0. The van der Waals surface area contributed by atoms with E-state index in [1.165, 1.54) is 0 Å². The van der Waals surface area contributed by atoms with Crippen molar-refractivity contribution in [1.82, 2.24) is 10.2 Å². The maximum Gasteiger partial charge on any atom is 0.513 e. The minimum atomic E-state index is -0.759. The second-order valence-corrected chi connectivity index (χ2v) is 6.95. The first-order valence-electron chi connectivity index (χ1n) is 10.0. The predicted molar refractivity (Wildman–Crippen MR) is 105 cm³/mol. The van der Waals surface area contributed by atoms with Gasteiger partial charge < -0.3 is 19.7 Å². The third-order valence-electron chi connectivity index (χ3n) is 4.81. The fourth-order valence-corrected chi connectivity index (χ4v) is 3.12. The van der Waals surface area contributed by atoms with Gasteiger partial charge in [-0.3, -0.25) is 9.59 Å². The number of hydrogen-bond donors (Lipinski definition) is 1. The number of unbranched alkanes of at least 4 members (excludes halogenated alkanes) is 1. The molecule has 0 radical (unpaired) electrons. The van der Waals surface area contributed by atoms with Gasteiger partial charge in [0.25, 0.3) is 5.91 Å². The summed E-state index contributed by atoms with van der Waals surface area (Å²) in [6, 6.07) is 6.47. The third kappa shape index (κ3) is 6.87. The highest BCUT2D eigenvalue weighted by atomic mass is 16.7. The number of nitrogens with zero attached hydrogens (tertiary/aromatic N) is 1. The Morgan fingerprint density at radius 1 is 1.11 bits per heavy atom. The van der Waals surface area contributed by atoms with Crippen LogP contribution in [0.25, 0.3) is 0 Å². The highest BCUT2D eigenvalue weighted by molar-refractivity contribution is 5.94. The quantitative estimate of drug-likeness (QED) is 0.543. The largest absolute Gasteiger partial charge is 0.513 e. The molecule has 28 heavy (non-hydrogen) atoms. The van der Waals surface area contributed by atoms with Gasteiger partial charge in [0.05, 0.1) is 6.61 Å². The Balaban J connectivity index is 1.77. The average molecular weight is 390 g/mol. The van der Waals surface area contributed by atoms with Gasteiger partial charge in [-0.05, 0) is 56.4 Å². The van der Waals surface area contributed by atoms with Crippen LogP contribution in [-0.4, -0.2) is 49.1 Å². The molecule has 0 atom stereocenters. The summed E-state index contributed by atoms with van der Waals surface area (Å²) in [6.45, 7) is 6.05. The second kappa shape index (κ2) is 11.3. The van der Waals surface area contributed by atoms with E-state index in [2.05, 4.69) is 12.2 Å². The Labute approximate surface area is 166 Å². The number of rotatable bonds is 8. The van der Waals surface area contributed by atoms with E-state index in [-0.39, 0.29) is 18.4 Å². The van der Waals surface area contributed by atoms with Gasteiger partial charge in [0, 0.05) is 31.6 Å². The minimum absolute atomic E-state index is 0.0342. The highest BCUT2D eigenvalue weighted by Gasteiger charge is 2.24. The molecule has 0 saturated carbocycles. The van der Waals surface area contributed by atoms with Gasteiger partial charge in [0.15, 0.2) is 0 Å². The van der Waals surface area contributed by atoms with Crippen LogP contribution in [0.4, 0.5) is 4.79 Å². The smallest absolute Gasteiger partial charge is 0.434 e. The van der Waals surface area contributed by atoms with Gasteiger partial charge >= 0.3 is 6.16 Å². The van der Waals surface area contributed by atoms with Crippen molar-refractivity contribution >= 4 is 18.0 Å². The molecular weight excluding hydrogens is 360 g/mol. The SMILES string of the molecule is CCCCC(=O)NCC1CCN(C(=O)c2ccc(OC(=O)OCC)cc2)CC1. The molecular formula is C21H30N2O5. The van der Waals surface area contributed by atoms with Gasteiger partial charge in [0.2, 0.25) is 5.91 Å². The molecule has 0 aromatic heterocycles. The van der Waals surface area contributed by atoms with Crippen LogP contribution in [0.5, 0.6) is 5.75 Å². The molecule has 2 amide bonds. The van der Waals surface area contributed by atoms with E-state index < -0.39 is 6.16 Å². The van der Waals surface area contributed by atoms with Crippen LogP contribution >= 0.6 is 0 Å². The average Bonchev–Trinajstić information content (AvgIpc) is 2.71. The summed E-state index contributed by atoms with van der Waals surface area (Å²) in [5, 5.41) is 3.00. The molecule has 1 aliphatic heterocycles. The Hall–Kier alpha value is -2.57. The zero-order chi connectivity index (χ0) is 20.4. The number of piperidine rings is 1. The van der Waals surface area contributed by atoms with E-state index in [0.717, 1.165) is 25.7 Å². The van der Waals surface area contributed by atoms with Crippen LogP contribution in [0.1, 0.15) is 56.3 Å². The van der Waals surface area contributed by atoms with Crippen molar-refractivity contribution in [2.45, 2.75) is 46.0 Å². The summed E-state index contributed by atoms with van der Waals surface area (Å²) in [5.41, 5.74) is 0.558. The Morgan fingerprint density at radius 2 is 1.79 bits per heavy atom. The number of ether oxygens (including phenoxy) is 2. The second-order valence-electron chi connectivity index (χ2n) is 6.95. The van der Waals surface area contributed by atoms with Crippen molar-refractivity contribution < 1.29 is 23.9 Å². The van der Waals surface area contributed by atoms with E-state index in [4.69, 9.17) is 9.47 Å². The fraction of sp³-hybridized carbons (Fsp3) is 0.571. The summed E-state index contributed by atoms with van der Waals surface area (Å²) in [4.78, 5) is 37.5. The van der Waals surface area contributed by atoms with Crippen molar-refractivity contribution in [2.24, 2.45) is 5.92 Å². The van der Waals surface area contributed by atoms with E-state index >= 15 is 0 Å². The maximum absolute atomic E-state index is 12.7. The molecule has 1 fully saturated rings. The molecule has 0 aliphatic carbocycles. The topological polar surface area (TPSA) is 84.9 Å². The monoisotopic (exact) mass is 390 g/mol. The standard InChI is InChI=1S/C21H30N2O5/c1-3-5-6-19(24)22-15-16-11-13-23(14-12-16)20(25)17-7-9-18(10-8-17)28-21(26)27-4-2/h7-10,16H,3-6,11-15H2,1-2H3,(H,22,24). The lowest BCUT2D eigenvalue weighted by atomic mass is 9.96. The lowest BCUT2D eigenvalue weighted by Gasteiger charge is -2.32. The van der Waals surface area contributed by atoms with Crippen LogP contribution in [0.3, 0.4) is 0 Å². The fourth-order valence-electron chi connectivity index (χ4n) is 3.12. The van der Waals surface area contributed by atoms with Crippen molar-refractivity contribution in [3.8, 4) is 5.75 Å². The molecule has 0 bridgehead atoms. The molecule has 1 heterocycles. The van der Waals surface area contributed by atoms with E-state index in [1.807, 2.05) is 4.90 Å². The lowest BCUT2D eigenvalue weighted by Crippen LogP contribution is -2.41. The van der Waals surface area contributed by atoms with Crippen LogP contribution in [0.2, 0.25) is 0 Å². The number of amides is 2. The molecule has 7 nitrogen and oxygen atoms in total. The molecule has 1 N–H and O–H groups in total.